The molecule has 7 nitrogen and oxygen atoms in total. The van der Waals surface area contributed by atoms with Gasteiger partial charge in [0.15, 0.2) is 11.5 Å². The molecule has 8 heteroatoms. The molecule has 0 aliphatic carbocycles. The highest BCUT2D eigenvalue weighted by Crippen LogP contribution is 2.38. The number of ether oxygens (including phenoxy) is 3. The first-order valence-electron chi connectivity index (χ1n) is 6.09. The third-order valence-corrected chi connectivity index (χ3v) is 3.99. The molecular weight excluding hydrogens is 308 g/mol. The van der Waals surface area contributed by atoms with Crippen LogP contribution in [0.3, 0.4) is 0 Å². The Hall–Kier alpha value is -2.74. The molecule has 0 saturated carbocycles. The molecule has 0 saturated heterocycles. The van der Waals surface area contributed by atoms with Gasteiger partial charge in [-0.3, -0.25) is 0 Å². The van der Waals surface area contributed by atoms with Gasteiger partial charge in [-0.2, -0.15) is 0 Å². The Morgan fingerprint density at radius 2 is 1.77 bits per heavy atom. The van der Waals surface area contributed by atoms with E-state index in [-0.39, 0.29) is 10.6 Å². The molecule has 0 bridgehead atoms. The van der Waals surface area contributed by atoms with Gasteiger partial charge in [-0.25, -0.2) is 9.59 Å². The van der Waals surface area contributed by atoms with E-state index in [1.807, 2.05) is 0 Å². The van der Waals surface area contributed by atoms with Gasteiger partial charge in [-0.15, -0.1) is 11.3 Å². The highest BCUT2D eigenvalue weighted by molar-refractivity contribution is 7.18. The highest BCUT2D eigenvalue weighted by atomic mass is 32.1. The molecule has 4 N–H and O–H groups in total. The van der Waals surface area contributed by atoms with Gasteiger partial charge >= 0.3 is 12.1 Å². The fourth-order valence-corrected chi connectivity index (χ4v) is 2.79. The summed E-state index contributed by atoms with van der Waals surface area (Å²) in [5, 5.41) is 0. The quantitative estimate of drug-likeness (QED) is 0.659. The second-order valence-corrected chi connectivity index (χ2v) is 5.23. The zero-order valence-electron chi connectivity index (χ0n) is 11.9. The molecule has 0 spiro atoms. The molecule has 0 atom stereocenters. The van der Waals surface area contributed by atoms with Crippen molar-refractivity contribution in [2.75, 3.05) is 20.0 Å². The van der Waals surface area contributed by atoms with Crippen LogP contribution in [-0.2, 0) is 4.74 Å². The first-order valence-corrected chi connectivity index (χ1v) is 6.91. The van der Waals surface area contributed by atoms with Gasteiger partial charge in [0.2, 0.25) is 0 Å². The number of carbonyl (C=O) groups is 2. The molecule has 0 fully saturated rings. The lowest BCUT2D eigenvalue weighted by Gasteiger charge is -2.08. The van der Waals surface area contributed by atoms with Crippen LogP contribution >= 0.6 is 11.3 Å². The van der Waals surface area contributed by atoms with Crippen LogP contribution in [0.4, 0.5) is 10.5 Å². The Bertz CT molecular complexity index is 726. The SMILES string of the molecule is COc1ccc(-c2cc(N)c(C(=O)OC(N)=O)s2)cc1OC. The van der Waals surface area contributed by atoms with Crippen LogP contribution < -0.4 is 20.9 Å². The first kappa shape index (κ1) is 15.6. The molecule has 2 aromatic rings. The van der Waals surface area contributed by atoms with Crippen molar-refractivity contribution in [3.8, 4) is 21.9 Å². The minimum Gasteiger partial charge on any atom is -0.493 e. The Morgan fingerprint density at radius 3 is 2.36 bits per heavy atom. The lowest BCUT2D eigenvalue weighted by Crippen LogP contribution is -2.18. The van der Waals surface area contributed by atoms with Gasteiger partial charge in [0.05, 0.1) is 19.9 Å². The van der Waals surface area contributed by atoms with E-state index in [4.69, 9.17) is 20.9 Å². The number of hydrogen-bond acceptors (Lipinski definition) is 7. The number of esters is 1. The van der Waals surface area contributed by atoms with Crippen molar-refractivity contribution >= 4 is 29.1 Å². The van der Waals surface area contributed by atoms with Crippen molar-refractivity contribution in [1.29, 1.82) is 0 Å². The molecule has 1 aromatic carbocycles. The summed E-state index contributed by atoms with van der Waals surface area (Å²) >= 11 is 1.09. The Labute approximate surface area is 130 Å². The van der Waals surface area contributed by atoms with Crippen molar-refractivity contribution in [2.24, 2.45) is 5.73 Å². The van der Waals surface area contributed by atoms with E-state index in [1.165, 1.54) is 7.11 Å². The van der Waals surface area contributed by atoms with Gasteiger partial charge in [-0.1, -0.05) is 0 Å². The van der Waals surface area contributed by atoms with Crippen LogP contribution in [0.2, 0.25) is 0 Å². The number of amides is 1. The summed E-state index contributed by atoms with van der Waals surface area (Å²) in [4.78, 5) is 23.2. The highest BCUT2D eigenvalue weighted by Gasteiger charge is 2.19. The number of methoxy groups -OCH3 is 2. The van der Waals surface area contributed by atoms with Crippen LogP contribution in [0, 0.1) is 0 Å². The molecule has 116 valence electrons. The van der Waals surface area contributed by atoms with Crippen molar-refractivity contribution in [3.63, 3.8) is 0 Å². The van der Waals surface area contributed by atoms with Crippen LogP contribution in [0.15, 0.2) is 24.3 Å². The summed E-state index contributed by atoms with van der Waals surface area (Å²) in [6.07, 6.45) is -1.18. The minimum absolute atomic E-state index is 0.114. The Balaban J connectivity index is 2.38. The molecular formula is C14H14N2O5S. The standard InChI is InChI=1S/C14H14N2O5S/c1-19-9-4-3-7(5-10(9)20-2)11-6-8(15)12(22-11)13(17)21-14(16)18/h3-6H,15H2,1-2H3,(H2,16,18). The first-order chi connectivity index (χ1) is 10.5. The summed E-state index contributed by atoms with van der Waals surface area (Å²) in [5.41, 5.74) is 11.6. The summed E-state index contributed by atoms with van der Waals surface area (Å²) in [5.74, 6) is 0.263. The largest absolute Gasteiger partial charge is 0.493 e. The number of primary amides is 1. The molecule has 1 heterocycles. The maximum atomic E-state index is 11.7. The molecule has 1 aromatic heterocycles. The van der Waals surface area contributed by atoms with Crippen molar-refractivity contribution in [1.82, 2.24) is 0 Å². The van der Waals surface area contributed by atoms with Crippen molar-refractivity contribution in [3.05, 3.63) is 29.1 Å². The van der Waals surface area contributed by atoms with E-state index in [9.17, 15) is 9.59 Å². The van der Waals surface area contributed by atoms with Crippen molar-refractivity contribution < 1.29 is 23.8 Å². The van der Waals surface area contributed by atoms with E-state index in [1.54, 1.807) is 31.4 Å². The number of carbonyl (C=O) groups excluding carboxylic acids is 2. The van der Waals surface area contributed by atoms with E-state index in [0.29, 0.717) is 11.5 Å². The topological polar surface area (TPSA) is 114 Å². The lowest BCUT2D eigenvalue weighted by atomic mass is 10.1. The van der Waals surface area contributed by atoms with Crippen LogP contribution in [0.5, 0.6) is 11.5 Å². The number of hydrogen-bond donors (Lipinski definition) is 2. The number of thiophene rings is 1. The monoisotopic (exact) mass is 322 g/mol. The molecule has 22 heavy (non-hydrogen) atoms. The fraction of sp³-hybridized carbons (Fsp3) is 0.143. The van der Waals surface area contributed by atoms with Crippen LogP contribution in [-0.4, -0.2) is 26.3 Å². The maximum Gasteiger partial charge on any atom is 0.412 e. The molecule has 1 amide bonds. The second-order valence-electron chi connectivity index (χ2n) is 4.17. The normalized spacial score (nSPS) is 10.1. The van der Waals surface area contributed by atoms with E-state index >= 15 is 0 Å². The predicted octanol–water partition coefficient (Wildman–Crippen LogP) is 2.25. The summed E-state index contributed by atoms with van der Waals surface area (Å²) in [6, 6.07) is 6.91. The van der Waals surface area contributed by atoms with Gasteiger partial charge < -0.3 is 25.7 Å². The van der Waals surface area contributed by atoms with Crippen molar-refractivity contribution in [2.45, 2.75) is 0 Å². The van der Waals surface area contributed by atoms with Crippen LogP contribution in [0.25, 0.3) is 10.4 Å². The van der Waals surface area contributed by atoms with E-state index in [2.05, 4.69) is 4.74 Å². The molecule has 2 rings (SSSR count). The second kappa shape index (κ2) is 6.35. The zero-order valence-corrected chi connectivity index (χ0v) is 12.7. The van der Waals surface area contributed by atoms with Crippen LogP contribution in [0.1, 0.15) is 9.67 Å². The molecule has 0 radical (unpaired) electrons. The smallest absolute Gasteiger partial charge is 0.412 e. The maximum absolute atomic E-state index is 11.7. The predicted molar refractivity (Wildman–Crippen MR) is 82.3 cm³/mol. The van der Waals surface area contributed by atoms with Gasteiger partial charge in [0.1, 0.15) is 4.88 Å². The zero-order chi connectivity index (χ0) is 16.3. The van der Waals surface area contributed by atoms with E-state index in [0.717, 1.165) is 21.8 Å². The average molecular weight is 322 g/mol. The number of rotatable bonds is 4. The number of anilines is 1. The third kappa shape index (κ3) is 3.12. The third-order valence-electron chi connectivity index (χ3n) is 2.81. The summed E-state index contributed by atoms with van der Waals surface area (Å²) < 4.78 is 14.7. The summed E-state index contributed by atoms with van der Waals surface area (Å²) in [7, 11) is 3.07. The van der Waals surface area contributed by atoms with Gasteiger partial charge in [0, 0.05) is 4.88 Å². The minimum atomic E-state index is -1.18. The Morgan fingerprint density at radius 1 is 1.09 bits per heavy atom. The van der Waals surface area contributed by atoms with Gasteiger partial charge in [-0.05, 0) is 29.8 Å². The lowest BCUT2D eigenvalue weighted by molar-refractivity contribution is 0.0644. The molecule has 0 aliphatic rings. The Kier molecular flexibility index (Phi) is 4.52. The van der Waals surface area contributed by atoms with Gasteiger partial charge in [0.25, 0.3) is 0 Å². The molecule has 0 unspecified atom stereocenters. The fourth-order valence-electron chi connectivity index (χ4n) is 1.83. The number of nitrogens with two attached hydrogens (primary N) is 2. The average Bonchev–Trinajstić information content (AvgIpc) is 2.87. The number of benzene rings is 1. The van der Waals surface area contributed by atoms with E-state index < -0.39 is 12.1 Å². The number of nitrogen functional groups attached to an aromatic ring is 1. The molecule has 0 aliphatic heterocycles. The summed E-state index contributed by atoms with van der Waals surface area (Å²) in [6.45, 7) is 0.